The van der Waals surface area contributed by atoms with Crippen LogP contribution < -0.4 is 0 Å². The number of nitrogens with zero attached hydrogens (tertiary/aromatic N) is 4. The van der Waals surface area contributed by atoms with Crippen LogP contribution in [0.5, 0.6) is 0 Å². The van der Waals surface area contributed by atoms with Crippen LogP contribution in [0.25, 0.3) is 5.69 Å². The van der Waals surface area contributed by atoms with Crippen molar-refractivity contribution in [1.82, 2.24) is 24.9 Å². The van der Waals surface area contributed by atoms with Gasteiger partial charge in [-0.05, 0) is 55.6 Å². The number of hydrogen-bond acceptors (Lipinski definition) is 3. The first kappa shape index (κ1) is 16.0. The lowest BCUT2D eigenvalue weighted by molar-refractivity contribution is 0.202. The quantitative estimate of drug-likeness (QED) is 0.791. The van der Waals surface area contributed by atoms with Gasteiger partial charge in [0.2, 0.25) is 0 Å². The zero-order valence-electron chi connectivity index (χ0n) is 13.7. The number of nitrogens with one attached hydrogen (secondary N) is 1. The molecule has 0 unspecified atom stereocenters. The van der Waals surface area contributed by atoms with E-state index in [9.17, 15) is 8.78 Å². The van der Waals surface area contributed by atoms with Crippen molar-refractivity contribution < 1.29 is 8.78 Å². The first-order valence-electron chi connectivity index (χ1n) is 8.40. The summed E-state index contributed by atoms with van der Waals surface area (Å²) in [4.78, 5) is 2.32. The predicted octanol–water partition coefficient (Wildman–Crippen LogP) is 3.25. The fourth-order valence-electron chi connectivity index (χ4n) is 3.42. The lowest BCUT2D eigenvalue weighted by atomic mass is 9.91. The van der Waals surface area contributed by atoms with Crippen LogP contribution in [-0.4, -0.2) is 38.0 Å². The Labute approximate surface area is 144 Å². The van der Waals surface area contributed by atoms with Crippen LogP contribution in [0.4, 0.5) is 8.78 Å². The molecule has 7 heteroatoms. The molecule has 1 aliphatic rings. The van der Waals surface area contributed by atoms with Gasteiger partial charge in [-0.3, -0.25) is 10.00 Å². The van der Waals surface area contributed by atoms with Crippen molar-refractivity contribution >= 4 is 0 Å². The third kappa shape index (κ3) is 3.32. The molecule has 130 valence electrons. The zero-order valence-corrected chi connectivity index (χ0v) is 13.7. The third-order valence-electron chi connectivity index (χ3n) is 4.77. The highest BCUT2D eigenvalue weighted by atomic mass is 19.1. The van der Waals surface area contributed by atoms with Gasteiger partial charge in [0.1, 0.15) is 5.69 Å². The molecule has 0 spiro atoms. The highest BCUT2D eigenvalue weighted by Crippen LogP contribution is 2.27. The SMILES string of the molecule is Fc1cccc(F)c1-n1ccc(CN2CCC(c3cn[nH]c3)CC2)n1. The standard InChI is InChI=1S/C18H19F2N5/c19-16-2-1-3-17(20)18(16)25-9-6-15(23-25)12-24-7-4-13(5-8-24)14-10-21-22-11-14/h1-3,6,9-11,13H,4-5,7-8,12H2,(H,21,22). The summed E-state index contributed by atoms with van der Waals surface area (Å²) in [6.45, 7) is 2.62. The van der Waals surface area contributed by atoms with E-state index in [1.165, 1.54) is 28.4 Å². The molecule has 0 atom stereocenters. The first-order valence-corrected chi connectivity index (χ1v) is 8.40. The summed E-state index contributed by atoms with van der Waals surface area (Å²) >= 11 is 0. The van der Waals surface area contributed by atoms with Gasteiger partial charge in [-0.1, -0.05) is 6.07 Å². The van der Waals surface area contributed by atoms with Crippen molar-refractivity contribution in [1.29, 1.82) is 0 Å². The summed E-state index contributed by atoms with van der Waals surface area (Å²) in [5.74, 6) is -0.689. The number of halogens is 2. The van der Waals surface area contributed by atoms with Crippen LogP contribution in [-0.2, 0) is 6.54 Å². The molecule has 2 aromatic heterocycles. The molecule has 1 saturated heterocycles. The molecule has 5 nitrogen and oxygen atoms in total. The minimum absolute atomic E-state index is 0.132. The summed E-state index contributed by atoms with van der Waals surface area (Å²) in [5, 5.41) is 11.2. The van der Waals surface area contributed by atoms with Crippen molar-refractivity contribution in [2.45, 2.75) is 25.3 Å². The summed E-state index contributed by atoms with van der Waals surface area (Å²) in [6.07, 6.45) is 7.61. The van der Waals surface area contributed by atoms with E-state index in [0.29, 0.717) is 12.5 Å². The summed E-state index contributed by atoms with van der Waals surface area (Å²) in [5.41, 5.74) is 1.94. The molecule has 1 aromatic carbocycles. The highest BCUT2D eigenvalue weighted by molar-refractivity contribution is 5.34. The summed E-state index contributed by atoms with van der Waals surface area (Å²) in [7, 11) is 0. The molecule has 1 aliphatic heterocycles. The van der Waals surface area contributed by atoms with Crippen LogP contribution >= 0.6 is 0 Å². The number of benzene rings is 1. The van der Waals surface area contributed by atoms with Gasteiger partial charge in [-0.2, -0.15) is 10.2 Å². The summed E-state index contributed by atoms with van der Waals surface area (Å²) < 4.78 is 29.0. The minimum atomic E-state index is -0.615. The second-order valence-corrected chi connectivity index (χ2v) is 6.40. The van der Waals surface area contributed by atoms with E-state index in [1.54, 1.807) is 6.20 Å². The fraction of sp³-hybridized carbons (Fsp3) is 0.333. The van der Waals surface area contributed by atoms with E-state index in [4.69, 9.17) is 0 Å². The Kier molecular flexibility index (Phi) is 4.31. The molecule has 25 heavy (non-hydrogen) atoms. The Hall–Kier alpha value is -2.54. The molecule has 0 radical (unpaired) electrons. The number of piperidine rings is 1. The average molecular weight is 343 g/mol. The van der Waals surface area contributed by atoms with E-state index < -0.39 is 11.6 Å². The number of para-hydroxylation sites is 1. The molecular weight excluding hydrogens is 324 g/mol. The van der Waals surface area contributed by atoms with Gasteiger partial charge >= 0.3 is 0 Å². The van der Waals surface area contributed by atoms with E-state index in [-0.39, 0.29) is 5.69 Å². The van der Waals surface area contributed by atoms with Crippen LogP contribution in [0.2, 0.25) is 0 Å². The molecule has 1 fully saturated rings. The molecular formula is C18H19F2N5. The van der Waals surface area contributed by atoms with Gasteiger partial charge in [0.15, 0.2) is 11.6 Å². The molecule has 0 saturated carbocycles. The maximum Gasteiger partial charge on any atom is 0.151 e. The Balaban J connectivity index is 1.41. The maximum atomic E-state index is 13.9. The van der Waals surface area contributed by atoms with E-state index >= 15 is 0 Å². The number of hydrogen-bond donors (Lipinski definition) is 1. The minimum Gasteiger partial charge on any atom is -0.297 e. The van der Waals surface area contributed by atoms with Crippen LogP contribution in [0.3, 0.4) is 0 Å². The zero-order chi connectivity index (χ0) is 17.2. The lowest BCUT2D eigenvalue weighted by Gasteiger charge is -2.30. The normalized spacial score (nSPS) is 16.4. The Morgan fingerprint density at radius 3 is 2.56 bits per heavy atom. The number of aromatic amines is 1. The summed E-state index contributed by atoms with van der Waals surface area (Å²) in [6, 6.07) is 5.64. The molecule has 3 aromatic rings. The number of likely N-dealkylation sites (tertiary alicyclic amines) is 1. The number of aromatic nitrogens is 4. The van der Waals surface area contributed by atoms with Gasteiger partial charge < -0.3 is 0 Å². The van der Waals surface area contributed by atoms with Crippen molar-refractivity contribution in [3.8, 4) is 5.69 Å². The molecule has 3 heterocycles. The van der Waals surface area contributed by atoms with Crippen molar-refractivity contribution in [2.24, 2.45) is 0 Å². The van der Waals surface area contributed by atoms with Gasteiger partial charge in [-0.25, -0.2) is 13.5 Å². The molecule has 0 aliphatic carbocycles. The molecule has 0 amide bonds. The smallest absolute Gasteiger partial charge is 0.151 e. The van der Waals surface area contributed by atoms with Gasteiger partial charge in [0, 0.05) is 18.9 Å². The van der Waals surface area contributed by atoms with Crippen molar-refractivity contribution in [3.05, 3.63) is 65.7 Å². The largest absolute Gasteiger partial charge is 0.297 e. The number of H-pyrrole nitrogens is 1. The maximum absolute atomic E-state index is 13.9. The van der Waals surface area contributed by atoms with Gasteiger partial charge in [-0.15, -0.1) is 0 Å². The third-order valence-corrected chi connectivity index (χ3v) is 4.77. The topological polar surface area (TPSA) is 49.7 Å². The van der Waals surface area contributed by atoms with Crippen LogP contribution in [0.15, 0.2) is 42.9 Å². The highest BCUT2D eigenvalue weighted by Gasteiger charge is 2.22. The van der Waals surface area contributed by atoms with Crippen molar-refractivity contribution in [2.75, 3.05) is 13.1 Å². The van der Waals surface area contributed by atoms with E-state index in [2.05, 4.69) is 20.2 Å². The number of rotatable bonds is 4. The van der Waals surface area contributed by atoms with E-state index in [1.807, 2.05) is 18.5 Å². The molecule has 0 bridgehead atoms. The second-order valence-electron chi connectivity index (χ2n) is 6.40. The Morgan fingerprint density at radius 2 is 1.88 bits per heavy atom. The Morgan fingerprint density at radius 1 is 1.12 bits per heavy atom. The van der Waals surface area contributed by atoms with Crippen molar-refractivity contribution in [3.63, 3.8) is 0 Å². The predicted molar refractivity (Wildman–Crippen MR) is 89.3 cm³/mol. The second kappa shape index (κ2) is 6.76. The first-order chi connectivity index (χ1) is 12.2. The van der Waals surface area contributed by atoms with Gasteiger partial charge in [0.25, 0.3) is 0 Å². The Bertz CT molecular complexity index is 815. The monoisotopic (exact) mass is 343 g/mol. The lowest BCUT2D eigenvalue weighted by Crippen LogP contribution is -2.32. The fourth-order valence-corrected chi connectivity index (χ4v) is 3.42. The van der Waals surface area contributed by atoms with Crippen LogP contribution in [0, 0.1) is 11.6 Å². The van der Waals surface area contributed by atoms with E-state index in [0.717, 1.165) is 31.6 Å². The van der Waals surface area contributed by atoms with Gasteiger partial charge in [0.05, 0.1) is 11.9 Å². The average Bonchev–Trinajstić information content (AvgIpc) is 3.28. The molecule has 1 N–H and O–H groups in total. The molecule has 4 rings (SSSR count). The van der Waals surface area contributed by atoms with Crippen LogP contribution in [0.1, 0.15) is 30.0 Å².